The number of carbonyl (C=O) groups is 1. The Balaban J connectivity index is 0.000000154. The van der Waals surface area contributed by atoms with Crippen LogP contribution in [0.2, 0.25) is 0 Å². The highest BCUT2D eigenvalue weighted by Crippen LogP contribution is 2.46. The number of hydrogen-bond donors (Lipinski definition) is 0. The van der Waals surface area contributed by atoms with Crippen LogP contribution in [0.5, 0.6) is 0 Å². The molecule has 6 aromatic carbocycles. The van der Waals surface area contributed by atoms with E-state index in [0.717, 1.165) is 53.4 Å². The van der Waals surface area contributed by atoms with Crippen molar-refractivity contribution in [3.8, 4) is 0 Å². The fraction of sp³-hybridized carbons (Fsp3) is 0.218. The first-order valence-corrected chi connectivity index (χ1v) is 21.5. The smallest absolute Gasteiger partial charge is 0.127 e. The molecule has 2 saturated carbocycles. The van der Waals surface area contributed by atoms with Crippen LogP contribution in [0.15, 0.2) is 194 Å². The van der Waals surface area contributed by atoms with E-state index >= 15 is 0 Å². The maximum Gasteiger partial charge on any atom is 0.127 e. The van der Waals surface area contributed by atoms with E-state index in [2.05, 4.69) is 204 Å². The van der Waals surface area contributed by atoms with E-state index in [1.165, 1.54) is 53.8 Å². The number of carbonyl (C=O) groups excluding carboxylic acids is 1. The van der Waals surface area contributed by atoms with Gasteiger partial charge in [-0.15, -0.1) is 0 Å². The molecule has 0 bridgehead atoms. The predicted octanol–water partition coefficient (Wildman–Crippen LogP) is 11.4. The van der Waals surface area contributed by atoms with Gasteiger partial charge in [-0.05, 0) is 90.7 Å². The summed E-state index contributed by atoms with van der Waals surface area (Å²) in [6.45, 7) is 2.14. The van der Waals surface area contributed by atoms with Gasteiger partial charge in [-0.25, -0.2) is 9.97 Å². The second-order valence-corrected chi connectivity index (χ2v) is 16.4. The van der Waals surface area contributed by atoms with E-state index in [-0.39, 0.29) is 0 Å². The van der Waals surface area contributed by atoms with Crippen molar-refractivity contribution in [1.82, 2.24) is 19.1 Å². The molecule has 2 heterocycles. The van der Waals surface area contributed by atoms with Gasteiger partial charge in [-0.2, -0.15) is 0 Å². The minimum Gasteiger partial charge on any atom is -0.314 e. The highest BCUT2D eigenvalue weighted by molar-refractivity contribution is 5.56. The number of aromatic nitrogens is 4. The molecule has 0 atom stereocenters. The van der Waals surface area contributed by atoms with Gasteiger partial charge < -0.3 is 13.9 Å². The summed E-state index contributed by atoms with van der Waals surface area (Å²) in [6.07, 6.45) is 12.6. The lowest BCUT2D eigenvalue weighted by molar-refractivity contribution is -0.107. The zero-order valence-corrected chi connectivity index (χ0v) is 34.4. The fourth-order valence-corrected chi connectivity index (χ4v) is 9.38. The molecule has 2 fully saturated rings. The monoisotopic (exact) mass is 784 g/mol. The van der Waals surface area contributed by atoms with Crippen molar-refractivity contribution in [2.45, 2.75) is 62.9 Å². The number of benzene rings is 6. The second-order valence-electron chi connectivity index (χ2n) is 16.4. The van der Waals surface area contributed by atoms with Crippen molar-refractivity contribution in [2.24, 2.45) is 11.8 Å². The van der Waals surface area contributed by atoms with Gasteiger partial charge in [0, 0.05) is 23.8 Å². The summed E-state index contributed by atoms with van der Waals surface area (Å²) in [5, 5.41) is 0. The van der Waals surface area contributed by atoms with Crippen LogP contribution in [0.3, 0.4) is 0 Å². The van der Waals surface area contributed by atoms with Crippen LogP contribution in [-0.2, 0) is 35.1 Å². The number of nitrogens with zero attached hydrogens (tertiary/aromatic N) is 4. The van der Waals surface area contributed by atoms with Crippen molar-refractivity contribution in [3.63, 3.8) is 0 Å². The molecular weight excluding hydrogens is 733 g/mol. The van der Waals surface area contributed by atoms with Crippen molar-refractivity contribution in [2.75, 3.05) is 0 Å². The molecular formula is C55H52N4O. The van der Waals surface area contributed by atoms with Crippen molar-refractivity contribution in [3.05, 3.63) is 251 Å². The van der Waals surface area contributed by atoms with Gasteiger partial charge >= 0.3 is 0 Å². The Kier molecular flexibility index (Phi) is 11.2. The van der Waals surface area contributed by atoms with E-state index in [1.807, 2.05) is 6.20 Å². The van der Waals surface area contributed by atoms with E-state index in [1.54, 1.807) is 0 Å². The molecule has 60 heavy (non-hydrogen) atoms. The number of rotatable bonds is 14. The van der Waals surface area contributed by atoms with Crippen LogP contribution < -0.4 is 0 Å². The second kappa shape index (κ2) is 17.3. The minimum absolute atomic E-state index is 0.291. The van der Waals surface area contributed by atoms with Crippen LogP contribution in [0.4, 0.5) is 0 Å². The van der Waals surface area contributed by atoms with Gasteiger partial charge in [0.15, 0.2) is 0 Å². The standard InChI is InChI=1S/C28H26N2O.C27H26N2/c31-19-18-27-29-21-26(20-22-16-17-22)30(27)28(23-10-4-1-5-11-23,24-12-6-2-7-13-24)25-14-8-3-9-15-25;1-21-28-20-26(19-22-17-18-22)29(21)27(23-11-5-2-6-12-23,24-13-7-3-8-14-24)25-15-9-4-10-16-25/h1-15,19,21-22H,16-18,20H2;2-16,20,22H,17-19H2,1H3. The number of aldehydes is 1. The van der Waals surface area contributed by atoms with E-state index in [0.29, 0.717) is 12.3 Å². The minimum atomic E-state index is -0.608. The highest BCUT2D eigenvalue weighted by Gasteiger charge is 2.43. The Labute approximate surface area is 354 Å². The maximum atomic E-state index is 11.7. The lowest BCUT2D eigenvalue weighted by Crippen LogP contribution is -2.40. The summed E-state index contributed by atoms with van der Waals surface area (Å²) < 4.78 is 4.84. The zero-order valence-electron chi connectivity index (χ0n) is 34.4. The van der Waals surface area contributed by atoms with Crippen LogP contribution >= 0.6 is 0 Å². The summed E-state index contributed by atoms with van der Waals surface area (Å²) in [5.74, 6) is 3.36. The van der Waals surface area contributed by atoms with Crippen LogP contribution in [0.25, 0.3) is 0 Å². The molecule has 0 radical (unpaired) electrons. The Bertz CT molecular complexity index is 2400. The quantitative estimate of drug-likeness (QED) is 0.0815. The molecule has 10 rings (SSSR count). The number of hydrogen-bond acceptors (Lipinski definition) is 3. The van der Waals surface area contributed by atoms with Gasteiger partial charge in [-0.1, -0.05) is 182 Å². The number of aryl methyl sites for hydroxylation is 1. The molecule has 5 nitrogen and oxygen atoms in total. The SMILES string of the molecule is Cc1ncc(CC2CC2)n1C(c1ccccc1)(c1ccccc1)c1ccccc1.O=CCc1ncc(CC2CC2)n1C(c1ccccc1)(c1ccccc1)c1ccccc1. The lowest BCUT2D eigenvalue weighted by Gasteiger charge is -2.40. The predicted molar refractivity (Wildman–Crippen MR) is 241 cm³/mol. The summed E-state index contributed by atoms with van der Waals surface area (Å²) in [5.41, 5.74) is 8.72. The molecule has 8 aromatic rings. The van der Waals surface area contributed by atoms with E-state index < -0.39 is 11.1 Å². The Morgan fingerprint density at radius 3 is 1.08 bits per heavy atom. The first-order valence-electron chi connectivity index (χ1n) is 21.5. The average molecular weight is 785 g/mol. The molecule has 5 heteroatoms. The molecule has 0 amide bonds. The third kappa shape index (κ3) is 7.45. The van der Waals surface area contributed by atoms with Crippen molar-refractivity contribution in [1.29, 1.82) is 0 Å². The first-order chi connectivity index (χ1) is 29.6. The maximum absolute atomic E-state index is 11.7. The molecule has 0 aliphatic heterocycles. The van der Waals surface area contributed by atoms with Crippen LogP contribution in [0.1, 0.15) is 82.1 Å². The largest absolute Gasteiger partial charge is 0.314 e. The van der Waals surface area contributed by atoms with Crippen molar-refractivity contribution >= 4 is 6.29 Å². The van der Waals surface area contributed by atoms with Gasteiger partial charge in [0.25, 0.3) is 0 Å². The Morgan fingerprint density at radius 1 is 0.467 bits per heavy atom. The molecule has 0 saturated heterocycles. The summed E-state index contributed by atoms with van der Waals surface area (Å²) >= 11 is 0. The summed E-state index contributed by atoms with van der Waals surface area (Å²) in [6, 6.07) is 64.4. The van der Waals surface area contributed by atoms with E-state index in [9.17, 15) is 4.79 Å². The Morgan fingerprint density at radius 2 is 0.767 bits per heavy atom. The third-order valence-corrected chi connectivity index (χ3v) is 12.4. The van der Waals surface area contributed by atoms with E-state index in [4.69, 9.17) is 9.97 Å². The van der Waals surface area contributed by atoms with Gasteiger partial charge in [0.2, 0.25) is 0 Å². The van der Waals surface area contributed by atoms with Crippen LogP contribution in [0, 0.1) is 18.8 Å². The molecule has 0 N–H and O–H groups in total. The average Bonchev–Trinajstić information content (AvgIpc) is 4.25. The molecule has 298 valence electrons. The normalized spacial score (nSPS) is 13.9. The van der Waals surface area contributed by atoms with Gasteiger partial charge in [-0.3, -0.25) is 0 Å². The van der Waals surface area contributed by atoms with Gasteiger partial charge in [0.05, 0.1) is 6.42 Å². The molecule has 0 unspecified atom stereocenters. The van der Waals surface area contributed by atoms with Crippen molar-refractivity contribution < 1.29 is 4.79 Å². The number of imidazole rings is 2. The molecule has 2 aromatic heterocycles. The zero-order chi connectivity index (χ0) is 40.8. The summed E-state index contributed by atoms with van der Waals surface area (Å²) in [4.78, 5) is 21.2. The first kappa shape index (κ1) is 38.9. The molecule has 2 aliphatic rings. The highest BCUT2D eigenvalue weighted by atomic mass is 16.1. The molecule has 0 spiro atoms. The summed E-state index contributed by atoms with van der Waals surface area (Å²) in [7, 11) is 0. The Hall–Kier alpha value is -6.59. The topological polar surface area (TPSA) is 52.7 Å². The lowest BCUT2D eigenvalue weighted by atomic mass is 9.76. The third-order valence-electron chi connectivity index (χ3n) is 12.4. The molecule has 2 aliphatic carbocycles. The van der Waals surface area contributed by atoms with Gasteiger partial charge in [0.1, 0.15) is 29.0 Å². The fourth-order valence-electron chi connectivity index (χ4n) is 9.38. The van der Waals surface area contributed by atoms with Crippen LogP contribution in [-0.4, -0.2) is 25.4 Å².